The number of carbonyl (C=O) groups excluding carboxylic acids is 1. The zero-order valence-electron chi connectivity index (χ0n) is 14.4. The summed E-state index contributed by atoms with van der Waals surface area (Å²) in [5.74, 6) is 0.850. The van der Waals surface area contributed by atoms with Crippen LogP contribution in [0.1, 0.15) is 5.56 Å². The van der Waals surface area contributed by atoms with Crippen LogP contribution in [0.15, 0.2) is 59.3 Å². The topological polar surface area (TPSA) is 65.4 Å². The number of hydrogen-bond donors (Lipinski definition) is 1. The van der Waals surface area contributed by atoms with E-state index in [2.05, 4.69) is 26.3 Å². The first kappa shape index (κ1) is 18.0. The predicted molar refractivity (Wildman–Crippen MR) is 103 cm³/mol. The molecule has 0 saturated heterocycles. The molecule has 3 rings (SSSR count). The van der Waals surface area contributed by atoms with Gasteiger partial charge in [0.2, 0.25) is 0 Å². The van der Waals surface area contributed by atoms with Crippen molar-refractivity contribution in [2.24, 2.45) is 0 Å². The van der Waals surface area contributed by atoms with Crippen molar-refractivity contribution in [1.29, 1.82) is 0 Å². The average molecular weight is 416 g/mol. The molecule has 1 amide bonds. The molecule has 1 aromatic heterocycles. The van der Waals surface area contributed by atoms with Gasteiger partial charge < -0.3 is 14.8 Å². The molecule has 1 N–H and O–H groups in total. The lowest BCUT2D eigenvalue weighted by atomic mass is 10.2. The Labute approximate surface area is 159 Å². The second-order valence-corrected chi connectivity index (χ2v) is 6.53. The molecule has 26 heavy (non-hydrogen) atoms. The lowest BCUT2D eigenvalue weighted by molar-refractivity contribution is -0.118. The van der Waals surface area contributed by atoms with Gasteiger partial charge in [0.15, 0.2) is 18.1 Å². The first-order valence-electron chi connectivity index (χ1n) is 7.93. The van der Waals surface area contributed by atoms with Gasteiger partial charge in [-0.2, -0.15) is 5.10 Å². The lowest BCUT2D eigenvalue weighted by Crippen LogP contribution is -2.21. The van der Waals surface area contributed by atoms with Crippen molar-refractivity contribution >= 4 is 27.5 Å². The molecule has 0 fully saturated rings. The van der Waals surface area contributed by atoms with E-state index in [0.29, 0.717) is 17.2 Å². The standard InChI is InChI=1S/C19H18BrN3O3/c1-13-7-8-17(18(9-13)25-2)26-12-19(24)22-15-5-3-4-6-16(15)23-11-14(20)10-21-23/h3-11H,12H2,1-2H3,(H,22,24). The first-order valence-corrected chi connectivity index (χ1v) is 8.73. The van der Waals surface area contributed by atoms with Crippen LogP contribution in [-0.4, -0.2) is 29.4 Å². The van der Waals surface area contributed by atoms with Gasteiger partial charge in [-0.1, -0.05) is 18.2 Å². The number of benzene rings is 2. The van der Waals surface area contributed by atoms with Crippen LogP contribution in [0.4, 0.5) is 5.69 Å². The average Bonchev–Trinajstić information content (AvgIpc) is 3.07. The number of ether oxygens (including phenoxy) is 2. The van der Waals surface area contributed by atoms with E-state index < -0.39 is 0 Å². The molecule has 0 bridgehead atoms. The van der Waals surface area contributed by atoms with Crippen molar-refractivity contribution in [2.45, 2.75) is 6.92 Å². The number of aromatic nitrogens is 2. The van der Waals surface area contributed by atoms with Gasteiger partial charge in [-0.15, -0.1) is 0 Å². The van der Waals surface area contributed by atoms with Gasteiger partial charge in [0.25, 0.3) is 5.91 Å². The number of methoxy groups -OCH3 is 1. The molecular formula is C19H18BrN3O3. The molecule has 3 aromatic rings. The number of para-hydroxylation sites is 2. The molecule has 1 heterocycles. The van der Waals surface area contributed by atoms with Gasteiger partial charge in [0.1, 0.15) is 0 Å². The van der Waals surface area contributed by atoms with E-state index in [1.54, 1.807) is 24.1 Å². The Hall–Kier alpha value is -2.80. The maximum absolute atomic E-state index is 12.3. The van der Waals surface area contributed by atoms with Gasteiger partial charge in [0.05, 0.1) is 29.2 Å². The molecule has 0 spiro atoms. The number of nitrogens with one attached hydrogen (secondary N) is 1. The summed E-state index contributed by atoms with van der Waals surface area (Å²) in [5, 5.41) is 7.11. The van der Waals surface area contributed by atoms with Crippen LogP contribution < -0.4 is 14.8 Å². The zero-order chi connectivity index (χ0) is 18.5. The van der Waals surface area contributed by atoms with Crippen molar-refractivity contribution in [2.75, 3.05) is 19.0 Å². The third kappa shape index (κ3) is 4.23. The molecule has 6 nitrogen and oxygen atoms in total. The van der Waals surface area contributed by atoms with Gasteiger partial charge in [-0.05, 0) is 52.7 Å². The molecule has 0 saturated carbocycles. The molecule has 0 unspecified atom stereocenters. The zero-order valence-corrected chi connectivity index (χ0v) is 16.0. The van der Waals surface area contributed by atoms with Crippen LogP contribution in [0.25, 0.3) is 5.69 Å². The van der Waals surface area contributed by atoms with E-state index in [-0.39, 0.29) is 12.5 Å². The molecule has 0 radical (unpaired) electrons. The fourth-order valence-electron chi connectivity index (χ4n) is 2.44. The minimum Gasteiger partial charge on any atom is -0.493 e. The summed E-state index contributed by atoms with van der Waals surface area (Å²) in [7, 11) is 1.57. The van der Waals surface area contributed by atoms with Crippen LogP contribution >= 0.6 is 15.9 Å². The van der Waals surface area contributed by atoms with E-state index in [9.17, 15) is 4.79 Å². The number of anilines is 1. The molecular weight excluding hydrogens is 398 g/mol. The van der Waals surface area contributed by atoms with Crippen LogP contribution in [0, 0.1) is 6.92 Å². The van der Waals surface area contributed by atoms with Gasteiger partial charge in [-0.3, -0.25) is 4.79 Å². The van der Waals surface area contributed by atoms with Gasteiger partial charge in [-0.25, -0.2) is 4.68 Å². The van der Waals surface area contributed by atoms with Gasteiger partial charge in [0, 0.05) is 6.20 Å². The Bertz CT molecular complexity index is 924. The highest BCUT2D eigenvalue weighted by molar-refractivity contribution is 9.10. The Kier molecular flexibility index (Phi) is 5.58. The minimum atomic E-state index is -0.272. The largest absolute Gasteiger partial charge is 0.493 e. The smallest absolute Gasteiger partial charge is 0.262 e. The first-order chi connectivity index (χ1) is 12.6. The number of nitrogens with zero attached hydrogens (tertiary/aromatic N) is 2. The fraction of sp³-hybridized carbons (Fsp3) is 0.158. The summed E-state index contributed by atoms with van der Waals surface area (Å²) in [6, 6.07) is 13.0. The number of carbonyl (C=O) groups is 1. The third-order valence-electron chi connectivity index (χ3n) is 3.65. The Balaban J connectivity index is 1.70. The predicted octanol–water partition coefficient (Wildman–Crippen LogP) is 3.97. The maximum atomic E-state index is 12.3. The number of aryl methyl sites for hydroxylation is 1. The summed E-state index contributed by atoms with van der Waals surface area (Å²) in [5.41, 5.74) is 2.46. The van der Waals surface area contributed by atoms with Crippen molar-refractivity contribution in [1.82, 2.24) is 9.78 Å². The number of amides is 1. The molecule has 0 aliphatic rings. The second kappa shape index (κ2) is 8.05. The van der Waals surface area contributed by atoms with Crippen LogP contribution in [0.2, 0.25) is 0 Å². The lowest BCUT2D eigenvalue weighted by Gasteiger charge is -2.13. The monoisotopic (exact) mass is 415 g/mol. The van der Waals surface area contributed by atoms with Crippen molar-refractivity contribution < 1.29 is 14.3 Å². The normalized spacial score (nSPS) is 10.4. The molecule has 2 aromatic carbocycles. The summed E-state index contributed by atoms with van der Waals surface area (Å²) < 4.78 is 13.4. The van der Waals surface area contributed by atoms with Crippen molar-refractivity contribution in [3.8, 4) is 17.2 Å². The number of halogens is 1. The van der Waals surface area contributed by atoms with E-state index in [4.69, 9.17) is 9.47 Å². The highest BCUT2D eigenvalue weighted by Crippen LogP contribution is 2.28. The highest BCUT2D eigenvalue weighted by atomic mass is 79.9. The Morgan fingerprint density at radius 2 is 2.04 bits per heavy atom. The van der Waals surface area contributed by atoms with Crippen molar-refractivity contribution in [3.63, 3.8) is 0 Å². The molecule has 7 heteroatoms. The molecule has 0 aliphatic carbocycles. The SMILES string of the molecule is COc1cc(C)ccc1OCC(=O)Nc1ccccc1-n1cc(Br)cn1. The van der Waals surface area contributed by atoms with Crippen LogP contribution in [-0.2, 0) is 4.79 Å². The highest BCUT2D eigenvalue weighted by Gasteiger charge is 2.11. The second-order valence-electron chi connectivity index (χ2n) is 5.61. The van der Waals surface area contributed by atoms with E-state index >= 15 is 0 Å². The van der Waals surface area contributed by atoms with Crippen molar-refractivity contribution in [3.05, 3.63) is 64.9 Å². The molecule has 0 aliphatic heterocycles. The summed E-state index contributed by atoms with van der Waals surface area (Å²) in [6.07, 6.45) is 3.50. The maximum Gasteiger partial charge on any atom is 0.262 e. The third-order valence-corrected chi connectivity index (χ3v) is 4.06. The number of rotatable bonds is 6. The summed E-state index contributed by atoms with van der Waals surface area (Å²) >= 11 is 3.37. The van der Waals surface area contributed by atoms with E-state index in [1.165, 1.54) is 0 Å². The van der Waals surface area contributed by atoms with E-state index in [1.807, 2.05) is 49.5 Å². The van der Waals surface area contributed by atoms with Crippen LogP contribution in [0.3, 0.4) is 0 Å². The Morgan fingerprint density at radius 1 is 1.23 bits per heavy atom. The summed E-state index contributed by atoms with van der Waals surface area (Å²) in [6.45, 7) is 1.83. The number of hydrogen-bond acceptors (Lipinski definition) is 4. The summed E-state index contributed by atoms with van der Waals surface area (Å²) in [4.78, 5) is 12.3. The fourth-order valence-corrected chi connectivity index (χ4v) is 2.72. The van der Waals surface area contributed by atoms with Crippen LogP contribution in [0.5, 0.6) is 11.5 Å². The van der Waals surface area contributed by atoms with E-state index in [0.717, 1.165) is 15.7 Å². The minimum absolute atomic E-state index is 0.128. The quantitative estimate of drug-likeness (QED) is 0.661. The van der Waals surface area contributed by atoms with Gasteiger partial charge >= 0.3 is 0 Å². The Morgan fingerprint density at radius 3 is 2.77 bits per heavy atom. The molecule has 0 atom stereocenters. The molecule has 134 valence electrons.